The Labute approximate surface area is 250 Å². The molecule has 0 radical (unpaired) electrons. The molecule has 0 bridgehead atoms. The lowest BCUT2D eigenvalue weighted by molar-refractivity contribution is -0.227. The van der Waals surface area contributed by atoms with Crippen molar-refractivity contribution in [1.29, 1.82) is 0 Å². The van der Waals surface area contributed by atoms with Crippen LogP contribution in [0.4, 0.5) is 0 Å². The summed E-state index contributed by atoms with van der Waals surface area (Å²) >= 11 is 6.85. The lowest BCUT2D eigenvalue weighted by Gasteiger charge is -2.54. The number of unbranched alkanes of at least 4 members (excludes halogenated alkanes) is 2. The van der Waals surface area contributed by atoms with E-state index in [2.05, 4.69) is 6.58 Å². The first-order valence-corrected chi connectivity index (χ1v) is 15.2. The third-order valence-corrected chi connectivity index (χ3v) is 10.6. The topological polar surface area (TPSA) is 150 Å². The maximum absolute atomic E-state index is 13.1. The van der Waals surface area contributed by atoms with Crippen molar-refractivity contribution in [2.24, 2.45) is 23.2 Å². The lowest BCUT2D eigenvalue weighted by Crippen LogP contribution is -2.69. The Morgan fingerprint density at radius 2 is 1.64 bits per heavy atom. The van der Waals surface area contributed by atoms with Crippen LogP contribution in [0.25, 0.3) is 0 Å². The fourth-order valence-electron chi connectivity index (χ4n) is 7.82. The smallest absolute Gasteiger partial charge is 0.312 e. The van der Waals surface area contributed by atoms with Gasteiger partial charge in [-0.15, -0.1) is 11.6 Å². The molecular weight excluding hydrogens is 572 g/mol. The predicted octanol–water partition coefficient (Wildman–Crippen LogP) is 2.62. The highest BCUT2D eigenvalue weighted by molar-refractivity contribution is 6.23. The number of hydrogen-bond donors (Lipinski definition) is 1. The van der Waals surface area contributed by atoms with Gasteiger partial charge in [0.05, 0.1) is 17.4 Å². The first-order chi connectivity index (χ1) is 19.7. The monoisotopic (exact) mass is 612 g/mol. The van der Waals surface area contributed by atoms with Crippen LogP contribution in [-0.4, -0.2) is 88.8 Å². The van der Waals surface area contributed by atoms with Crippen molar-refractivity contribution >= 4 is 35.5 Å². The zero-order valence-corrected chi connectivity index (χ0v) is 25.6. The summed E-state index contributed by atoms with van der Waals surface area (Å²) in [6.07, 6.45) is -4.16. The van der Waals surface area contributed by atoms with E-state index < -0.39 is 101 Å². The van der Waals surface area contributed by atoms with Crippen LogP contribution in [0.15, 0.2) is 12.2 Å². The summed E-state index contributed by atoms with van der Waals surface area (Å²) in [5, 5.41) is 11.5. The van der Waals surface area contributed by atoms with Gasteiger partial charge in [0.1, 0.15) is 36.6 Å². The van der Waals surface area contributed by atoms with Crippen LogP contribution in [0.2, 0.25) is 0 Å². The summed E-state index contributed by atoms with van der Waals surface area (Å²) in [4.78, 5) is 51.2. The Morgan fingerprint density at radius 1 is 1.00 bits per heavy atom. The number of fused-ring (bicyclic) bond motifs is 5. The minimum Gasteiger partial charge on any atom is -0.459 e. The standard InChI is InChI=1S/C30H41ClO11/c1-8-9-10-11-17(34)39-20-12(2)18-24(37-15(5)32)30(36)14(4)28(35)42-25(30)19(31)13(3)21-22(40-21)26(38-16(6)33)29(18,7)27-23(20)41-27/h12,14,18-27,36H,3,8-11H2,1-2,4-7H3/t12-,14+,18-,19+,20+,21-,22-,23+,24-,25+,26-,27+,29+,30-/m1/s1. The number of carbonyl (C=O) groups excluding carboxylic acids is 4. The molecule has 234 valence electrons. The molecule has 42 heavy (non-hydrogen) atoms. The second-order valence-corrected chi connectivity index (χ2v) is 13.2. The number of halogens is 1. The molecule has 0 aromatic rings. The van der Waals surface area contributed by atoms with Crippen LogP contribution in [-0.2, 0) is 47.6 Å². The van der Waals surface area contributed by atoms with Gasteiger partial charge in [-0.1, -0.05) is 40.2 Å². The largest absolute Gasteiger partial charge is 0.459 e. The molecule has 11 nitrogen and oxygen atoms in total. The van der Waals surface area contributed by atoms with Gasteiger partial charge in [-0.25, -0.2) is 0 Å². The third kappa shape index (κ3) is 4.84. The van der Waals surface area contributed by atoms with Gasteiger partial charge in [-0.2, -0.15) is 0 Å². The van der Waals surface area contributed by atoms with Gasteiger partial charge in [0.25, 0.3) is 0 Å². The summed E-state index contributed by atoms with van der Waals surface area (Å²) in [5.41, 5.74) is -2.92. The van der Waals surface area contributed by atoms with Crippen molar-refractivity contribution in [3.05, 3.63) is 12.2 Å². The first-order valence-electron chi connectivity index (χ1n) is 14.8. The van der Waals surface area contributed by atoms with E-state index in [1.54, 1.807) is 0 Å². The zero-order chi connectivity index (χ0) is 30.9. The summed E-state index contributed by atoms with van der Waals surface area (Å²) in [6.45, 7) is 13.8. The Balaban J connectivity index is 1.66. The minimum atomic E-state index is -2.13. The highest BCUT2D eigenvalue weighted by Crippen LogP contribution is 2.64. The molecule has 0 aromatic carbocycles. The van der Waals surface area contributed by atoms with Gasteiger partial charge in [-0.05, 0) is 18.9 Å². The van der Waals surface area contributed by atoms with E-state index in [0.717, 1.165) is 12.8 Å². The van der Waals surface area contributed by atoms with Gasteiger partial charge in [-0.3, -0.25) is 19.2 Å². The fourth-order valence-corrected chi connectivity index (χ4v) is 8.19. The van der Waals surface area contributed by atoms with E-state index >= 15 is 0 Å². The van der Waals surface area contributed by atoms with E-state index in [-0.39, 0.29) is 12.4 Å². The third-order valence-electron chi connectivity index (χ3n) is 10.1. The average Bonchev–Trinajstić information content (AvgIpc) is 3.84. The van der Waals surface area contributed by atoms with Gasteiger partial charge in [0.15, 0.2) is 11.7 Å². The molecule has 14 atom stereocenters. The second-order valence-electron chi connectivity index (χ2n) is 12.7. The second kappa shape index (κ2) is 11.1. The van der Waals surface area contributed by atoms with E-state index in [9.17, 15) is 24.3 Å². The van der Waals surface area contributed by atoms with Crippen molar-refractivity contribution in [1.82, 2.24) is 0 Å². The van der Waals surface area contributed by atoms with Crippen LogP contribution in [0, 0.1) is 23.2 Å². The molecular formula is C30H41ClO11. The molecule has 5 rings (SSSR count). The maximum atomic E-state index is 13.1. The molecule has 5 fully saturated rings. The van der Waals surface area contributed by atoms with Crippen LogP contribution in [0.5, 0.6) is 0 Å². The van der Waals surface area contributed by atoms with E-state index in [4.69, 9.17) is 40.0 Å². The summed E-state index contributed by atoms with van der Waals surface area (Å²) in [7, 11) is 0. The molecule has 3 saturated heterocycles. The molecule has 0 spiro atoms. The number of rotatable bonds is 7. The summed E-state index contributed by atoms with van der Waals surface area (Å²) in [5.74, 6) is -5.01. The fraction of sp³-hybridized carbons (Fsp3) is 0.800. The molecule has 3 heterocycles. The summed E-state index contributed by atoms with van der Waals surface area (Å²) < 4.78 is 35.8. The Bertz CT molecular complexity index is 1160. The molecule has 0 aromatic heterocycles. The zero-order valence-electron chi connectivity index (χ0n) is 24.9. The molecule has 2 aliphatic carbocycles. The number of ether oxygens (including phenoxy) is 6. The average molecular weight is 613 g/mol. The Kier molecular flexibility index (Phi) is 8.22. The SMILES string of the molecule is C=C1[C@H]2O[C@H]2[C@@H](OC(C)=O)[C@]2(C)[C@H]([C@@H](C)[C@H](OC(=O)CCCCC)[C@@H]3O[C@@H]32)[C@@H](OC(C)=O)[C@]2(O)[C@@H](C)C(=O)O[C@H]2[C@H]1Cl. The molecule has 0 amide bonds. The molecule has 12 heteroatoms. The van der Waals surface area contributed by atoms with Gasteiger partial charge < -0.3 is 33.5 Å². The Morgan fingerprint density at radius 3 is 2.26 bits per heavy atom. The number of aliphatic hydroxyl groups is 1. The molecule has 1 N–H and O–H groups in total. The number of alkyl halides is 1. The Hall–Kier alpha value is -2.21. The number of hydrogen-bond acceptors (Lipinski definition) is 11. The van der Waals surface area contributed by atoms with Gasteiger partial charge >= 0.3 is 23.9 Å². The molecule has 3 aliphatic heterocycles. The quantitative estimate of drug-likeness (QED) is 0.113. The molecule has 5 aliphatic rings. The number of epoxide rings is 2. The highest BCUT2D eigenvalue weighted by Gasteiger charge is 2.78. The maximum Gasteiger partial charge on any atom is 0.312 e. The lowest BCUT2D eigenvalue weighted by atomic mass is 9.53. The van der Waals surface area contributed by atoms with Crippen LogP contribution < -0.4 is 0 Å². The highest BCUT2D eigenvalue weighted by atomic mass is 35.5. The van der Waals surface area contributed by atoms with Crippen molar-refractivity contribution in [3.63, 3.8) is 0 Å². The predicted molar refractivity (Wildman–Crippen MR) is 146 cm³/mol. The van der Waals surface area contributed by atoms with E-state index in [1.807, 2.05) is 20.8 Å². The van der Waals surface area contributed by atoms with E-state index in [0.29, 0.717) is 12.0 Å². The van der Waals surface area contributed by atoms with Crippen LogP contribution >= 0.6 is 11.6 Å². The van der Waals surface area contributed by atoms with Crippen molar-refractivity contribution < 1.29 is 52.7 Å². The van der Waals surface area contributed by atoms with Crippen molar-refractivity contribution in [2.45, 2.75) is 127 Å². The van der Waals surface area contributed by atoms with E-state index in [1.165, 1.54) is 20.8 Å². The molecule has 2 saturated carbocycles. The van der Waals surface area contributed by atoms with Gasteiger partial charge in [0.2, 0.25) is 0 Å². The minimum absolute atomic E-state index is 0.235. The first kappa shape index (κ1) is 31.2. The normalized spacial score (nSPS) is 47.0. The number of esters is 4. The van der Waals surface area contributed by atoms with Crippen LogP contribution in [0.3, 0.4) is 0 Å². The van der Waals surface area contributed by atoms with Crippen molar-refractivity contribution in [3.8, 4) is 0 Å². The molecule has 0 unspecified atom stereocenters. The van der Waals surface area contributed by atoms with Crippen LogP contribution in [0.1, 0.15) is 67.2 Å². The van der Waals surface area contributed by atoms with Crippen molar-refractivity contribution in [2.75, 3.05) is 0 Å². The van der Waals surface area contributed by atoms with Gasteiger partial charge in [0, 0.05) is 37.5 Å². The summed E-state index contributed by atoms with van der Waals surface area (Å²) in [6, 6.07) is 0. The number of carbonyl (C=O) groups is 4.